The van der Waals surface area contributed by atoms with E-state index in [2.05, 4.69) is 11.2 Å². The summed E-state index contributed by atoms with van der Waals surface area (Å²) in [4.78, 5) is 22.5. The van der Waals surface area contributed by atoms with Crippen LogP contribution in [0.5, 0.6) is 5.75 Å². The second kappa shape index (κ2) is 6.41. The summed E-state index contributed by atoms with van der Waals surface area (Å²) in [5, 5.41) is 13.6. The van der Waals surface area contributed by atoms with Crippen LogP contribution in [0.4, 0.5) is 11.4 Å². The highest BCUT2D eigenvalue weighted by molar-refractivity contribution is 6.04. The molecule has 0 spiro atoms. The summed E-state index contributed by atoms with van der Waals surface area (Å²) >= 11 is 0. The number of nitrogens with zero attached hydrogens (tertiary/aromatic N) is 1. The van der Waals surface area contributed by atoms with Crippen LogP contribution in [0.25, 0.3) is 0 Å². The monoisotopic (exact) mass is 296 g/mol. The Kier molecular flexibility index (Phi) is 4.39. The van der Waals surface area contributed by atoms with Crippen LogP contribution in [0, 0.1) is 22.5 Å². The molecule has 0 aromatic heterocycles. The molecule has 0 aliphatic heterocycles. The number of nitro groups is 1. The summed E-state index contributed by atoms with van der Waals surface area (Å²) in [5.74, 6) is 2.08. The molecule has 1 amide bonds. The molecule has 0 radical (unpaired) electrons. The van der Waals surface area contributed by atoms with Crippen LogP contribution >= 0.6 is 0 Å². The first-order chi connectivity index (χ1) is 10.5. The predicted molar refractivity (Wildman–Crippen MR) is 82.0 cm³/mol. The molecular weight excluding hydrogens is 284 g/mol. The van der Waals surface area contributed by atoms with E-state index in [1.54, 1.807) is 24.3 Å². The molecule has 2 rings (SSSR count). The van der Waals surface area contributed by atoms with Gasteiger partial charge in [-0.2, -0.15) is 0 Å². The van der Waals surface area contributed by atoms with Gasteiger partial charge in [-0.25, -0.2) is 0 Å². The fourth-order valence-corrected chi connectivity index (χ4v) is 1.86. The van der Waals surface area contributed by atoms with Crippen LogP contribution in [0.2, 0.25) is 0 Å². The van der Waals surface area contributed by atoms with Crippen LogP contribution in [0.15, 0.2) is 42.5 Å². The Hall–Kier alpha value is -3.33. The summed E-state index contributed by atoms with van der Waals surface area (Å²) in [5.41, 5.74) is 1.02. The van der Waals surface area contributed by atoms with Crippen LogP contribution in [0.3, 0.4) is 0 Å². The van der Waals surface area contributed by atoms with Crippen molar-refractivity contribution in [3.05, 3.63) is 63.7 Å². The molecule has 6 heteroatoms. The van der Waals surface area contributed by atoms with Gasteiger partial charge in [0.2, 0.25) is 0 Å². The lowest BCUT2D eigenvalue weighted by atomic mass is 10.1. The van der Waals surface area contributed by atoms with Crippen LogP contribution in [0.1, 0.15) is 15.9 Å². The summed E-state index contributed by atoms with van der Waals surface area (Å²) in [6.45, 7) is 0. The van der Waals surface area contributed by atoms with Crippen molar-refractivity contribution in [3.63, 3.8) is 0 Å². The van der Waals surface area contributed by atoms with Gasteiger partial charge in [0.15, 0.2) is 5.75 Å². The van der Waals surface area contributed by atoms with E-state index < -0.39 is 10.8 Å². The van der Waals surface area contributed by atoms with Crippen LogP contribution < -0.4 is 10.1 Å². The highest BCUT2D eigenvalue weighted by Gasteiger charge is 2.18. The number of carbonyl (C=O) groups excluding carboxylic acids is 1. The molecule has 22 heavy (non-hydrogen) atoms. The molecule has 0 bridgehead atoms. The number of ether oxygens (including phenoxy) is 1. The quantitative estimate of drug-likeness (QED) is 0.534. The molecule has 0 saturated heterocycles. The first-order valence-corrected chi connectivity index (χ1v) is 6.25. The Morgan fingerprint density at radius 3 is 2.73 bits per heavy atom. The average Bonchev–Trinajstić information content (AvgIpc) is 2.54. The van der Waals surface area contributed by atoms with Gasteiger partial charge in [0, 0.05) is 22.9 Å². The van der Waals surface area contributed by atoms with Crippen molar-refractivity contribution in [2.24, 2.45) is 0 Å². The molecule has 0 saturated carbocycles. The topological polar surface area (TPSA) is 81.5 Å². The molecule has 0 atom stereocenters. The smallest absolute Gasteiger partial charge is 0.311 e. The van der Waals surface area contributed by atoms with Crippen molar-refractivity contribution in [2.45, 2.75) is 0 Å². The molecule has 0 heterocycles. The third-order valence-corrected chi connectivity index (χ3v) is 2.92. The Labute approximate surface area is 126 Å². The number of anilines is 1. The molecule has 0 aliphatic carbocycles. The largest absolute Gasteiger partial charge is 0.490 e. The van der Waals surface area contributed by atoms with Crippen molar-refractivity contribution in [1.29, 1.82) is 0 Å². The molecule has 6 nitrogen and oxygen atoms in total. The molecule has 1 N–H and O–H groups in total. The number of carbonyl (C=O) groups is 1. The molecule has 110 valence electrons. The standard InChI is InChI=1S/C16H12N2O4/c1-3-11-5-4-6-13(9-11)17-16(19)12-7-8-15(22-2)14(10-12)18(20)21/h1,4-10H,2H3,(H,17,19). The summed E-state index contributed by atoms with van der Waals surface area (Å²) in [6, 6.07) is 10.7. The van der Waals surface area contributed by atoms with E-state index in [4.69, 9.17) is 11.2 Å². The number of terminal acetylenes is 1. The van der Waals surface area contributed by atoms with Crippen molar-refractivity contribution in [2.75, 3.05) is 12.4 Å². The van der Waals surface area contributed by atoms with Crippen LogP contribution in [-0.4, -0.2) is 17.9 Å². The Morgan fingerprint density at radius 2 is 2.09 bits per heavy atom. The number of benzene rings is 2. The fraction of sp³-hybridized carbons (Fsp3) is 0.0625. The normalized spacial score (nSPS) is 9.64. The highest BCUT2D eigenvalue weighted by atomic mass is 16.6. The number of amides is 1. The summed E-state index contributed by atoms with van der Waals surface area (Å²) in [6.07, 6.45) is 5.29. The van der Waals surface area contributed by atoms with E-state index in [1.165, 1.54) is 25.3 Å². The fourth-order valence-electron chi connectivity index (χ4n) is 1.86. The van der Waals surface area contributed by atoms with E-state index in [9.17, 15) is 14.9 Å². The maximum atomic E-state index is 12.2. The van der Waals surface area contributed by atoms with E-state index in [-0.39, 0.29) is 17.0 Å². The van der Waals surface area contributed by atoms with Crippen molar-refractivity contribution < 1.29 is 14.5 Å². The number of nitro benzene ring substituents is 1. The lowest BCUT2D eigenvalue weighted by Gasteiger charge is -2.07. The van der Waals surface area contributed by atoms with Crippen molar-refractivity contribution in [3.8, 4) is 18.1 Å². The van der Waals surface area contributed by atoms with E-state index in [0.29, 0.717) is 11.3 Å². The number of hydrogen-bond acceptors (Lipinski definition) is 4. The second-order valence-corrected chi connectivity index (χ2v) is 4.32. The zero-order chi connectivity index (χ0) is 16.1. The average molecular weight is 296 g/mol. The predicted octanol–water partition coefficient (Wildman–Crippen LogP) is 2.84. The van der Waals surface area contributed by atoms with E-state index in [1.807, 2.05) is 0 Å². The minimum Gasteiger partial charge on any atom is -0.490 e. The van der Waals surface area contributed by atoms with E-state index in [0.717, 1.165) is 0 Å². The van der Waals surface area contributed by atoms with Gasteiger partial charge in [0.25, 0.3) is 5.91 Å². The molecule has 2 aromatic carbocycles. The first kappa shape index (κ1) is 15.1. The Balaban J connectivity index is 2.28. The SMILES string of the molecule is C#Cc1cccc(NC(=O)c2ccc(OC)c([N+](=O)[O-])c2)c1. The van der Waals surface area contributed by atoms with Gasteiger partial charge >= 0.3 is 5.69 Å². The third kappa shape index (κ3) is 3.22. The number of methoxy groups -OCH3 is 1. The maximum absolute atomic E-state index is 12.2. The Bertz CT molecular complexity index is 778. The number of hydrogen-bond donors (Lipinski definition) is 1. The van der Waals surface area contributed by atoms with Crippen molar-refractivity contribution >= 4 is 17.3 Å². The maximum Gasteiger partial charge on any atom is 0.311 e. The third-order valence-electron chi connectivity index (χ3n) is 2.92. The van der Waals surface area contributed by atoms with Gasteiger partial charge in [0.1, 0.15) is 0 Å². The second-order valence-electron chi connectivity index (χ2n) is 4.32. The van der Waals surface area contributed by atoms with Gasteiger partial charge in [-0.1, -0.05) is 12.0 Å². The zero-order valence-corrected chi connectivity index (χ0v) is 11.7. The van der Waals surface area contributed by atoms with E-state index >= 15 is 0 Å². The molecule has 0 fully saturated rings. The number of rotatable bonds is 4. The van der Waals surface area contributed by atoms with Gasteiger partial charge < -0.3 is 10.1 Å². The molecule has 0 unspecified atom stereocenters. The Morgan fingerprint density at radius 1 is 1.32 bits per heavy atom. The lowest BCUT2D eigenvalue weighted by molar-refractivity contribution is -0.385. The summed E-state index contributed by atoms with van der Waals surface area (Å²) in [7, 11) is 1.33. The first-order valence-electron chi connectivity index (χ1n) is 6.25. The van der Waals surface area contributed by atoms with Crippen LogP contribution in [-0.2, 0) is 0 Å². The van der Waals surface area contributed by atoms with Gasteiger partial charge in [-0.3, -0.25) is 14.9 Å². The highest BCUT2D eigenvalue weighted by Crippen LogP contribution is 2.27. The minimum atomic E-state index is -0.603. The number of nitrogens with one attached hydrogen (secondary N) is 1. The lowest BCUT2D eigenvalue weighted by Crippen LogP contribution is -2.12. The van der Waals surface area contributed by atoms with Gasteiger partial charge in [0.05, 0.1) is 12.0 Å². The van der Waals surface area contributed by atoms with Gasteiger partial charge in [-0.05, 0) is 30.3 Å². The molecule has 0 aliphatic rings. The van der Waals surface area contributed by atoms with Crippen molar-refractivity contribution in [1.82, 2.24) is 0 Å². The van der Waals surface area contributed by atoms with Gasteiger partial charge in [-0.15, -0.1) is 6.42 Å². The summed E-state index contributed by atoms with van der Waals surface area (Å²) < 4.78 is 4.89. The molecule has 2 aromatic rings. The molecular formula is C16H12N2O4. The zero-order valence-electron chi connectivity index (χ0n) is 11.7. The minimum absolute atomic E-state index is 0.0934.